The minimum atomic E-state index is -2.39. The molecule has 0 heterocycles. The quantitative estimate of drug-likeness (QED) is 0.383. The van der Waals surface area contributed by atoms with Crippen molar-refractivity contribution in [2.24, 2.45) is 0 Å². The molecular formula is C2H4ClO2P. The first kappa shape index (κ1) is 6.35. The van der Waals surface area contributed by atoms with E-state index in [1.807, 2.05) is 0 Å². The molecule has 0 aliphatic carbocycles. The maximum atomic E-state index is 9.60. The molecule has 0 bridgehead atoms. The summed E-state index contributed by atoms with van der Waals surface area (Å²) in [6.07, 6.45) is 0. The third kappa shape index (κ3) is 2.58. The zero-order valence-electron chi connectivity index (χ0n) is 3.22. The van der Waals surface area contributed by atoms with Crippen molar-refractivity contribution in [1.29, 1.82) is 0 Å². The van der Waals surface area contributed by atoms with Crippen LogP contribution in [0.4, 0.5) is 0 Å². The maximum absolute atomic E-state index is 9.60. The van der Waals surface area contributed by atoms with E-state index in [1.165, 1.54) is 6.92 Å². The van der Waals surface area contributed by atoms with Crippen LogP contribution in [0.5, 0.6) is 0 Å². The van der Waals surface area contributed by atoms with E-state index in [2.05, 4.69) is 0 Å². The van der Waals surface area contributed by atoms with Gasteiger partial charge in [0.05, 0.1) is 0 Å². The van der Waals surface area contributed by atoms with Gasteiger partial charge in [-0.15, -0.1) is 0 Å². The monoisotopic (exact) mass is 126 g/mol. The highest BCUT2D eigenvalue weighted by atomic mass is 35.5. The zero-order chi connectivity index (χ0) is 5.15. The number of hydrogen-bond acceptors (Lipinski definition) is 2. The normalized spacial score (nSPS) is 16.8. The summed E-state index contributed by atoms with van der Waals surface area (Å²) in [5.41, 5.74) is 0. The van der Waals surface area contributed by atoms with Gasteiger partial charge in [-0.25, -0.2) is 0 Å². The molecule has 6 heavy (non-hydrogen) atoms. The van der Waals surface area contributed by atoms with E-state index in [0.29, 0.717) is 0 Å². The zero-order valence-corrected chi connectivity index (χ0v) is 4.87. The lowest BCUT2D eigenvalue weighted by Gasteiger charge is -1.83. The van der Waals surface area contributed by atoms with Crippen LogP contribution in [0.2, 0.25) is 0 Å². The van der Waals surface area contributed by atoms with Crippen molar-refractivity contribution in [1.82, 2.24) is 0 Å². The Kier molecular flexibility index (Phi) is 2.66. The minimum Gasteiger partial charge on any atom is -0.594 e. The maximum Gasteiger partial charge on any atom is 0.328 e. The van der Waals surface area contributed by atoms with Crippen molar-refractivity contribution in [2.75, 3.05) is 0 Å². The SMILES string of the molecule is CC(Cl)[P+](=O)[O-]. The van der Waals surface area contributed by atoms with Crippen LogP contribution in [-0.4, -0.2) is 5.12 Å². The van der Waals surface area contributed by atoms with Gasteiger partial charge in [-0.1, -0.05) is 16.2 Å². The molecule has 2 unspecified atom stereocenters. The van der Waals surface area contributed by atoms with Crippen molar-refractivity contribution in [3.05, 3.63) is 0 Å². The summed E-state index contributed by atoms with van der Waals surface area (Å²) in [4.78, 5) is 9.60. The van der Waals surface area contributed by atoms with Crippen LogP contribution in [0.1, 0.15) is 6.92 Å². The van der Waals surface area contributed by atoms with E-state index < -0.39 is 13.1 Å². The molecule has 0 N–H and O–H groups in total. The molecule has 0 radical (unpaired) electrons. The Morgan fingerprint density at radius 3 is 2.17 bits per heavy atom. The molecule has 0 amide bonds. The van der Waals surface area contributed by atoms with Crippen molar-refractivity contribution in [2.45, 2.75) is 12.0 Å². The third-order valence-corrected chi connectivity index (χ3v) is 1.35. The van der Waals surface area contributed by atoms with E-state index in [-0.39, 0.29) is 0 Å². The highest BCUT2D eigenvalue weighted by Gasteiger charge is 2.07. The second kappa shape index (κ2) is 2.51. The van der Waals surface area contributed by atoms with E-state index in [9.17, 15) is 9.46 Å². The Balaban J connectivity index is 3.26. The highest BCUT2D eigenvalue weighted by Crippen LogP contribution is 2.19. The van der Waals surface area contributed by atoms with Gasteiger partial charge in [-0.2, -0.15) is 0 Å². The first-order valence-electron chi connectivity index (χ1n) is 1.42. The average molecular weight is 126 g/mol. The number of alkyl halides is 1. The predicted molar refractivity (Wildman–Crippen MR) is 22.9 cm³/mol. The van der Waals surface area contributed by atoms with Crippen molar-refractivity contribution in [3.63, 3.8) is 0 Å². The van der Waals surface area contributed by atoms with Gasteiger partial charge in [0.1, 0.15) is 0 Å². The van der Waals surface area contributed by atoms with Gasteiger partial charge < -0.3 is 4.89 Å². The number of rotatable bonds is 1. The Labute approximate surface area is 42.0 Å². The first-order chi connectivity index (χ1) is 2.64. The van der Waals surface area contributed by atoms with Gasteiger partial charge in [-0.05, 0) is 6.92 Å². The summed E-state index contributed by atoms with van der Waals surface area (Å²) >= 11 is 5.02. The molecule has 0 aliphatic heterocycles. The Bertz CT molecular complexity index is 62.6. The third-order valence-electron chi connectivity index (χ3n) is 0.291. The molecule has 0 aromatic carbocycles. The lowest BCUT2D eigenvalue weighted by atomic mass is 11.0. The smallest absolute Gasteiger partial charge is 0.328 e. The van der Waals surface area contributed by atoms with Gasteiger partial charge in [-0.3, -0.25) is 0 Å². The fourth-order valence-electron chi connectivity index (χ4n) is 0. The molecule has 0 aliphatic rings. The van der Waals surface area contributed by atoms with Gasteiger partial charge in [0.25, 0.3) is 0 Å². The summed E-state index contributed by atoms with van der Waals surface area (Å²) in [6.45, 7) is 1.41. The summed E-state index contributed by atoms with van der Waals surface area (Å²) in [6, 6.07) is 0. The fraction of sp³-hybridized carbons (Fsp3) is 1.00. The highest BCUT2D eigenvalue weighted by molar-refractivity contribution is 7.39. The molecular weight excluding hydrogens is 122 g/mol. The van der Waals surface area contributed by atoms with Crippen molar-refractivity contribution < 1.29 is 9.46 Å². The van der Waals surface area contributed by atoms with Crippen LogP contribution < -0.4 is 4.89 Å². The molecule has 0 fully saturated rings. The van der Waals surface area contributed by atoms with Crippen molar-refractivity contribution in [3.8, 4) is 0 Å². The molecule has 0 saturated heterocycles. The second-order valence-corrected chi connectivity index (χ2v) is 3.16. The van der Waals surface area contributed by atoms with Crippen LogP contribution in [-0.2, 0) is 4.57 Å². The van der Waals surface area contributed by atoms with Crippen LogP contribution in [0.15, 0.2) is 0 Å². The lowest BCUT2D eigenvalue weighted by molar-refractivity contribution is -0.164. The Morgan fingerprint density at radius 2 is 2.17 bits per heavy atom. The van der Waals surface area contributed by atoms with Crippen LogP contribution >= 0.6 is 19.6 Å². The number of halogens is 1. The second-order valence-electron chi connectivity index (χ2n) is 0.859. The summed E-state index contributed by atoms with van der Waals surface area (Å²) in [5, 5.41) is -0.722. The van der Waals surface area contributed by atoms with Gasteiger partial charge in [0, 0.05) is 0 Å². The van der Waals surface area contributed by atoms with Gasteiger partial charge in [0.2, 0.25) is 5.12 Å². The molecule has 0 aromatic heterocycles. The van der Waals surface area contributed by atoms with Crippen LogP contribution in [0, 0.1) is 0 Å². The molecule has 0 spiro atoms. The summed E-state index contributed by atoms with van der Waals surface area (Å²) < 4.78 is 9.60. The van der Waals surface area contributed by atoms with E-state index in [1.54, 1.807) is 0 Å². The molecule has 2 nitrogen and oxygen atoms in total. The molecule has 0 rings (SSSR count). The predicted octanol–water partition coefficient (Wildman–Crippen LogP) is 0.674. The molecule has 0 saturated carbocycles. The topological polar surface area (TPSA) is 40.1 Å². The average Bonchev–Trinajstić information content (AvgIpc) is 1.36. The Hall–Kier alpha value is 0.350. The van der Waals surface area contributed by atoms with Crippen molar-refractivity contribution >= 4 is 19.6 Å². The van der Waals surface area contributed by atoms with E-state index >= 15 is 0 Å². The van der Waals surface area contributed by atoms with Gasteiger partial charge >= 0.3 is 8.03 Å². The standard InChI is InChI=1S/C2H4ClO2P/c1-2(3)6(4)5/h2H,1H3. The molecule has 36 valence electrons. The van der Waals surface area contributed by atoms with Gasteiger partial charge in [0.15, 0.2) is 0 Å². The first-order valence-corrected chi connectivity index (χ1v) is 3.10. The lowest BCUT2D eigenvalue weighted by Crippen LogP contribution is -1.93. The Morgan fingerprint density at radius 1 is 2.00 bits per heavy atom. The van der Waals surface area contributed by atoms with E-state index in [4.69, 9.17) is 11.6 Å². The fourth-order valence-corrected chi connectivity index (χ4v) is 0. The van der Waals surface area contributed by atoms with Crippen LogP contribution in [0.25, 0.3) is 0 Å². The number of hydrogen-bond donors (Lipinski definition) is 0. The summed E-state index contributed by atoms with van der Waals surface area (Å²) in [5.74, 6) is 0. The van der Waals surface area contributed by atoms with Crippen LogP contribution in [0.3, 0.4) is 0 Å². The molecule has 0 aromatic rings. The molecule has 4 heteroatoms. The minimum absolute atomic E-state index is 0.722. The summed E-state index contributed by atoms with van der Waals surface area (Å²) in [7, 11) is -2.39. The molecule has 2 atom stereocenters. The largest absolute Gasteiger partial charge is 0.594 e. The van der Waals surface area contributed by atoms with E-state index in [0.717, 1.165) is 0 Å².